The van der Waals surface area contributed by atoms with Crippen LogP contribution >= 0.6 is 0 Å². The molecule has 1 aromatic carbocycles. The highest BCUT2D eigenvalue weighted by Crippen LogP contribution is 2.20. The number of nitrogens with zero attached hydrogens (tertiary/aromatic N) is 6. The lowest BCUT2D eigenvalue weighted by molar-refractivity contribution is 0.380. The molecule has 4 aromatic rings. The van der Waals surface area contributed by atoms with Gasteiger partial charge in [0.2, 0.25) is 0 Å². The van der Waals surface area contributed by atoms with Crippen molar-refractivity contribution in [2.24, 2.45) is 0 Å². The Bertz CT molecular complexity index is 895. The van der Waals surface area contributed by atoms with Crippen LogP contribution in [0.2, 0.25) is 0 Å². The van der Waals surface area contributed by atoms with Gasteiger partial charge in [0.1, 0.15) is 6.33 Å². The summed E-state index contributed by atoms with van der Waals surface area (Å²) in [6.45, 7) is 0. The van der Waals surface area contributed by atoms with Gasteiger partial charge in [-0.15, -0.1) is 5.10 Å². The highest BCUT2D eigenvalue weighted by Gasteiger charge is 2.13. The Morgan fingerprint density at radius 2 is 1.95 bits per heavy atom. The van der Waals surface area contributed by atoms with Gasteiger partial charge >= 0.3 is 6.01 Å². The van der Waals surface area contributed by atoms with Crippen LogP contribution < -0.4 is 4.74 Å². The van der Waals surface area contributed by atoms with Crippen molar-refractivity contribution in [3.8, 4) is 11.7 Å². The molecule has 0 aliphatic carbocycles. The third-order valence-corrected chi connectivity index (χ3v) is 3.07. The second-order valence-corrected chi connectivity index (χ2v) is 4.24. The molecule has 0 radical (unpaired) electrons. The lowest BCUT2D eigenvalue weighted by Crippen LogP contribution is -1.98. The first-order valence-electron chi connectivity index (χ1n) is 6.05. The monoisotopic (exact) mass is 266 g/mol. The molecule has 0 saturated carbocycles. The number of methoxy groups -OCH3 is 1. The summed E-state index contributed by atoms with van der Waals surface area (Å²) in [6.07, 6.45) is 3.34. The van der Waals surface area contributed by atoms with Crippen molar-refractivity contribution in [2.45, 2.75) is 0 Å². The maximum absolute atomic E-state index is 5.04. The topological polar surface area (TPSA) is 70.1 Å². The van der Waals surface area contributed by atoms with Crippen molar-refractivity contribution in [3.63, 3.8) is 0 Å². The molecule has 98 valence electrons. The van der Waals surface area contributed by atoms with Gasteiger partial charge in [-0.2, -0.15) is 14.6 Å². The first-order chi connectivity index (χ1) is 9.86. The van der Waals surface area contributed by atoms with E-state index in [0.29, 0.717) is 11.7 Å². The second-order valence-electron chi connectivity index (χ2n) is 4.24. The first-order valence-corrected chi connectivity index (χ1v) is 6.05. The standard InChI is InChI=1S/C13H10N6O/c1-20-13-16-12-10-7-15-19(9-5-3-2-4-6-9)11(10)14-8-18(12)17-13/h2-8H,1H3. The van der Waals surface area contributed by atoms with E-state index >= 15 is 0 Å². The fourth-order valence-electron chi connectivity index (χ4n) is 2.15. The average Bonchev–Trinajstić information content (AvgIpc) is 3.11. The minimum absolute atomic E-state index is 0.312. The minimum atomic E-state index is 0.312. The van der Waals surface area contributed by atoms with Gasteiger partial charge in [0.05, 0.1) is 24.4 Å². The van der Waals surface area contributed by atoms with Crippen LogP contribution in [-0.4, -0.2) is 36.5 Å². The molecule has 7 nitrogen and oxygen atoms in total. The highest BCUT2D eigenvalue weighted by molar-refractivity contribution is 5.89. The van der Waals surface area contributed by atoms with E-state index in [-0.39, 0.29) is 0 Å². The number of rotatable bonds is 2. The predicted molar refractivity (Wildman–Crippen MR) is 72.0 cm³/mol. The normalized spacial score (nSPS) is 11.2. The van der Waals surface area contributed by atoms with Crippen molar-refractivity contribution in [2.75, 3.05) is 7.11 Å². The Hall–Kier alpha value is -2.96. The second kappa shape index (κ2) is 4.02. The molecule has 0 bridgehead atoms. The van der Waals surface area contributed by atoms with Gasteiger partial charge < -0.3 is 4.74 Å². The quantitative estimate of drug-likeness (QED) is 0.549. The maximum Gasteiger partial charge on any atom is 0.336 e. The molecule has 20 heavy (non-hydrogen) atoms. The van der Waals surface area contributed by atoms with E-state index in [1.54, 1.807) is 21.7 Å². The summed E-state index contributed by atoms with van der Waals surface area (Å²) in [7, 11) is 1.53. The van der Waals surface area contributed by atoms with Crippen LogP contribution in [0, 0.1) is 0 Å². The SMILES string of the molecule is COc1nc2c3cnn(-c4ccccc4)c3ncn2n1. The predicted octanol–water partition coefficient (Wildman–Crippen LogP) is 1.47. The van der Waals surface area contributed by atoms with E-state index in [4.69, 9.17) is 4.74 Å². The lowest BCUT2D eigenvalue weighted by Gasteiger charge is -2.01. The number of benzene rings is 1. The van der Waals surface area contributed by atoms with Crippen LogP contribution in [-0.2, 0) is 0 Å². The molecule has 0 fully saturated rings. The van der Waals surface area contributed by atoms with Crippen LogP contribution in [0.3, 0.4) is 0 Å². The highest BCUT2D eigenvalue weighted by atomic mass is 16.5. The van der Waals surface area contributed by atoms with Crippen molar-refractivity contribution in [1.29, 1.82) is 0 Å². The molecular weight excluding hydrogens is 256 g/mol. The Labute approximate surface area is 113 Å². The van der Waals surface area contributed by atoms with Crippen LogP contribution in [0.5, 0.6) is 6.01 Å². The van der Waals surface area contributed by atoms with Crippen LogP contribution in [0.1, 0.15) is 0 Å². The summed E-state index contributed by atoms with van der Waals surface area (Å²) in [6, 6.07) is 10.1. The smallest absolute Gasteiger partial charge is 0.336 e. The molecule has 3 heterocycles. The number of hydrogen-bond donors (Lipinski definition) is 0. The fraction of sp³-hybridized carbons (Fsp3) is 0.0769. The molecule has 0 N–H and O–H groups in total. The summed E-state index contributed by atoms with van der Waals surface area (Å²) < 4.78 is 8.40. The van der Waals surface area contributed by atoms with Gasteiger partial charge in [-0.25, -0.2) is 9.67 Å². The van der Waals surface area contributed by atoms with Crippen molar-refractivity contribution < 1.29 is 4.74 Å². The molecule has 0 spiro atoms. The molecular formula is C13H10N6O. The van der Waals surface area contributed by atoms with Gasteiger partial charge in [0.15, 0.2) is 11.3 Å². The number of ether oxygens (including phenoxy) is 1. The van der Waals surface area contributed by atoms with E-state index in [9.17, 15) is 0 Å². The largest absolute Gasteiger partial charge is 0.466 e. The first kappa shape index (κ1) is 10.9. The maximum atomic E-state index is 5.04. The number of aromatic nitrogens is 6. The molecule has 0 aliphatic rings. The lowest BCUT2D eigenvalue weighted by atomic mass is 10.3. The zero-order chi connectivity index (χ0) is 13.5. The van der Waals surface area contributed by atoms with E-state index in [1.165, 1.54) is 7.11 Å². The van der Waals surface area contributed by atoms with Gasteiger partial charge in [-0.3, -0.25) is 0 Å². The summed E-state index contributed by atoms with van der Waals surface area (Å²) >= 11 is 0. The zero-order valence-corrected chi connectivity index (χ0v) is 10.6. The van der Waals surface area contributed by atoms with Crippen LogP contribution in [0.15, 0.2) is 42.9 Å². The van der Waals surface area contributed by atoms with Gasteiger partial charge in [-0.1, -0.05) is 18.2 Å². The Balaban J connectivity index is 2.02. The van der Waals surface area contributed by atoms with Gasteiger partial charge in [0, 0.05) is 0 Å². The molecule has 0 amide bonds. The molecule has 0 aliphatic heterocycles. The Morgan fingerprint density at radius 3 is 2.75 bits per heavy atom. The summed E-state index contributed by atoms with van der Waals surface area (Å²) in [4.78, 5) is 8.70. The number of fused-ring (bicyclic) bond motifs is 3. The number of para-hydroxylation sites is 1. The molecule has 0 unspecified atom stereocenters. The van der Waals surface area contributed by atoms with Crippen molar-refractivity contribution in [1.82, 2.24) is 29.4 Å². The molecule has 4 rings (SSSR count). The average molecular weight is 266 g/mol. The third kappa shape index (κ3) is 1.46. The van der Waals surface area contributed by atoms with Gasteiger partial charge in [0.25, 0.3) is 0 Å². The summed E-state index contributed by atoms with van der Waals surface area (Å²) in [5, 5.41) is 9.36. The summed E-state index contributed by atoms with van der Waals surface area (Å²) in [5.74, 6) is 0. The molecule has 3 aromatic heterocycles. The van der Waals surface area contributed by atoms with Crippen molar-refractivity contribution in [3.05, 3.63) is 42.9 Å². The van der Waals surface area contributed by atoms with E-state index in [2.05, 4.69) is 20.2 Å². The number of hydrogen-bond acceptors (Lipinski definition) is 5. The molecule has 7 heteroatoms. The molecule has 0 atom stereocenters. The van der Waals surface area contributed by atoms with Crippen LogP contribution in [0.25, 0.3) is 22.4 Å². The van der Waals surface area contributed by atoms with E-state index in [1.807, 2.05) is 30.3 Å². The van der Waals surface area contributed by atoms with Gasteiger partial charge in [-0.05, 0) is 12.1 Å². The molecule has 0 saturated heterocycles. The van der Waals surface area contributed by atoms with E-state index < -0.39 is 0 Å². The van der Waals surface area contributed by atoms with Crippen LogP contribution in [0.4, 0.5) is 0 Å². The van der Waals surface area contributed by atoms with Crippen molar-refractivity contribution >= 4 is 16.7 Å². The fourth-order valence-corrected chi connectivity index (χ4v) is 2.15. The Kier molecular flexibility index (Phi) is 2.19. The third-order valence-electron chi connectivity index (χ3n) is 3.07. The minimum Gasteiger partial charge on any atom is -0.466 e. The Morgan fingerprint density at radius 1 is 1.10 bits per heavy atom. The zero-order valence-electron chi connectivity index (χ0n) is 10.6. The van der Waals surface area contributed by atoms with E-state index in [0.717, 1.165) is 16.7 Å². The summed E-state index contributed by atoms with van der Waals surface area (Å²) in [5.41, 5.74) is 2.36.